The van der Waals surface area contributed by atoms with Gasteiger partial charge in [0, 0.05) is 18.0 Å². The second-order valence-electron chi connectivity index (χ2n) is 4.85. The monoisotopic (exact) mass is 333 g/mol. The number of carbonyl (C=O) groups is 1. The number of allylic oxidation sites excluding steroid dienone is 1. The average molecular weight is 333 g/mol. The molecule has 0 bridgehead atoms. The second-order valence-corrected chi connectivity index (χ2v) is 4.85. The SMILES string of the molecule is C#CO/C(C(=O)Nc1cc(F)cc(F)c1)=C(/C=N)N1CC[N-]CC1. The van der Waals surface area contributed by atoms with Crippen molar-refractivity contribution in [3.05, 3.63) is 46.6 Å². The Morgan fingerprint density at radius 3 is 2.50 bits per heavy atom. The normalized spacial score (nSPS) is 15.1. The molecule has 2 rings (SSSR count). The van der Waals surface area contributed by atoms with Gasteiger partial charge in [-0.25, -0.2) is 8.78 Å². The lowest BCUT2D eigenvalue weighted by atomic mass is 10.2. The fraction of sp³-hybridized carbons (Fsp3) is 0.250. The zero-order valence-electron chi connectivity index (χ0n) is 12.7. The van der Waals surface area contributed by atoms with Crippen LogP contribution in [-0.4, -0.2) is 43.2 Å². The van der Waals surface area contributed by atoms with Gasteiger partial charge in [0.15, 0.2) is 0 Å². The van der Waals surface area contributed by atoms with Gasteiger partial charge in [-0.1, -0.05) is 6.42 Å². The molecule has 6 nitrogen and oxygen atoms in total. The number of amides is 1. The summed E-state index contributed by atoms with van der Waals surface area (Å²) in [4.78, 5) is 14.1. The van der Waals surface area contributed by atoms with E-state index in [9.17, 15) is 13.6 Å². The summed E-state index contributed by atoms with van der Waals surface area (Å²) in [5, 5.41) is 14.0. The molecule has 1 fully saturated rings. The third kappa shape index (κ3) is 4.30. The maximum absolute atomic E-state index is 13.2. The predicted molar refractivity (Wildman–Crippen MR) is 85.4 cm³/mol. The van der Waals surface area contributed by atoms with Crippen LogP contribution in [0.3, 0.4) is 0 Å². The molecular weight excluding hydrogens is 318 g/mol. The molecule has 1 aliphatic heterocycles. The van der Waals surface area contributed by atoms with Crippen LogP contribution < -0.4 is 5.32 Å². The van der Waals surface area contributed by atoms with E-state index in [4.69, 9.17) is 16.6 Å². The van der Waals surface area contributed by atoms with Crippen LogP contribution in [0.4, 0.5) is 14.5 Å². The molecule has 24 heavy (non-hydrogen) atoms. The summed E-state index contributed by atoms with van der Waals surface area (Å²) in [6, 6.07) is 2.60. The van der Waals surface area contributed by atoms with Crippen LogP contribution in [0.15, 0.2) is 29.7 Å². The van der Waals surface area contributed by atoms with Crippen LogP contribution >= 0.6 is 0 Å². The molecule has 0 unspecified atom stereocenters. The van der Waals surface area contributed by atoms with E-state index in [0.29, 0.717) is 32.2 Å². The van der Waals surface area contributed by atoms with E-state index in [2.05, 4.69) is 10.6 Å². The Hall–Kier alpha value is -2.92. The van der Waals surface area contributed by atoms with Gasteiger partial charge < -0.3 is 25.7 Å². The number of hydrogen-bond donors (Lipinski definition) is 2. The fourth-order valence-corrected chi connectivity index (χ4v) is 2.24. The van der Waals surface area contributed by atoms with Crippen molar-refractivity contribution < 1.29 is 18.3 Å². The highest BCUT2D eigenvalue weighted by Gasteiger charge is 2.21. The molecule has 1 aromatic carbocycles. The van der Waals surface area contributed by atoms with E-state index < -0.39 is 17.5 Å². The van der Waals surface area contributed by atoms with Gasteiger partial charge in [0.25, 0.3) is 5.91 Å². The standard InChI is InChI=1S/C16H15F2N4O2/c1-2-24-15(14(10-19)22-5-3-20-4-6-22)16(23)21-13-8-11(17)7-12(18)9-13/h1,7-10,19H,3-6H2,(H,21,23)/q-1/b15-14-,19-10?. The van der Waals surface area contributed by atoms with Gasteiger partial charge in [0.1, 0.15) is 23.4 Å². The Labute approximate surface area is 138 Å². The molecule has 2 N–H and O–H groups in total. The molecule has 0 spiro atoms. The highest BCUT2D eigenvalue weighted by atomic mass is 19.1. The minimum atomic E-state index is -0.835. The second kappa shape index (κ2) is 8.08. The van der Waals surface area contributed by atoms with Crippen LogP contribution in [0, 0.1) is 29.6 Å². The topological polar surface area (TPSA) is 79.5 Å². The van der Waals surface area contributed by atoms with Crippen molar-refractivity contribution in [1.82, 2.24) is 4.90 Å². The number of nitrogens with zero attached hydrogens (tertiary/aromatic N) is 2. The number of halogens is 2. The van der Waals surface area contributed by atoms with E-state index >= 15 is 0 Å². The zero-order chi connectivity index (χ0) is 17.5. The van der Waals surface area contributed by atoms with Crippen molar-refractivity contribution in [2.24, 2.45) is 0 Å². The Morgan fingerprint density at radius 2 is 1.96 bits per heavy atom. The number of terminal acetylenes is 1. The van der Waals surface area contributed by atoms with E-state index in [1.165, 1.54) is 0 Å². The Morgan fingerprint density at radius 1 is 1.33 bits per heavy atom. The maximum atomic E-state index is 13.2. The Kier molecular flexibility index (Phi) is 5.87. The summed E-state index contributed by atoms with van der Waals surface area (Å²) < 4.78 is 31.4. The first-order valence-electron chi connectivity index (χ1n) is 7.08. The average Bonchev–Trinajstić information content (AvgIpc) is 2.54. The van der Waals surface area contributed by atoms with Crippen LogP contribution in [0.25, 0.3) is 5.32 Å². The van der Waals surface area contributed by atoms with Gasteiger partial charge in [0.05, 0.1) is 0 Å². The molecule has 1 saturated heterocycles. The van der Waals surface area contributed by atoms with E-state index in [0.717, 1.165) is 18.3 Å². The van der Waals surface area contributed by atoms with Crippen LogP contribution in [0.5, 0.6) is 0 Å². The maximum Gasteiger partial charge on any atom is 0.294 e. The highest BCUT2D eigenvalue weighted by molar-refractivity contribution is 6.05. The van der Waals surface area contributed by atoms with Gasteiger partial charge in [-0.15, -0.1) is 13.1 Å². The minimum Gasteiger partial charge on any atom is -0.659 e. The third-order valence-electron chi connectivity index (χ3n) is 3.25. The molecule has 0 radical (unpaired) electrons. The number of ether oxygens (including phenoxy) is 1. The van der Waals surface area contributed by atoms with Crippen LogP contribution in [0.2, 0.25) is 0 Å². The Balaban J connectivity index is 2.30. The molecule has 0 aromatic heterocycles. The van der Waals surface area contributed by atoms with Crippen molar-refractivity contribution in [3.8, 4) is 12.5 Å². The molecule has 0 aliphatic carbocycles. The quantitative estimate of drug-likeness (QED) is 0.375. The number of hydrogen-bond acceptors (Lipinski definition) is 4. The number of nitrogens with one attached hydrogen (secondary N) is 2. The first-order valence-corrected chi connectivity index (χ1v) is 7.08. The number of rotatable bonds is 5. The van der Waals surface area contributed by atoms with E-state index in [1.54, 1.807) is 4.90 Å². The largest absolute Gasteiger partial charge is 0.659 e. The first-order chi connectivity index (χ1) is 11.5. The number of piperazine rings is 1. The molecule has 1 aliphatic rings. The molecule has 8 heteroatoms. The molecular formula is C16H15F2N4O2-. The van der Waals surface area contributed by atoms with E-state index in [-0.39, 0.29) is 17.1 Å². The van der Waals surface area contributed by atoms with Crippen molar-refractivity contribution >= 4 is 17.8 Å². The lowest BCUT2D eigenvalue weighted by Gasteiger charge is -2.37. The van der Waals surface area contributed by atoms with Crippen LogP contribution in [-0.2, 0) is 9.53 Å². The van der Waals surface area contributed by atoms with E-state index in [1.807, 2.05) is 6.11 Å². The molecule has 1 heterocycles. The molecule has 1 aromatic rings. The summed E-state index contributed by atoms with van der Waals surface area (Å²) >= 11 is 0. The molecule has 126 valence electrons. The summed E-state index contributed by atoms with van der Waals surface area (Å²) in [7, 11) is 0. The number of benzene rings is 1. The Bertz CT molecular complexity index is 686. The lowest BCUT2D eigenvalue weighted by molar-refractivity contribution is -0.115. The molecule has 1 amide bonds. The minimum absolute atomic E-state index is 0.0893. The van der Waals surface area contributed by atoms with Gasteiger partial charge in [0.2, 0.25) is 5.76 Å². The first kappa shape index (κ1) is 17.4. The predicted octanol–water partition coefficient (Wildman–Crippen LogP) is 2.06. The number of carbonyl (C=O) groups excluding carboxylic acids is 1. The fourth-order valence-electron chi connectivity index (χ4n) is 2.24. The summed E-state index contributed by atoms with van der Waals surface area (Å²) in [5.41, 5.74) is 0.0887. The molecule has 0 saturated carbocycles. The summed E-state index contributed by atoms with van der Waals surface area (Å²) in [6.07, 6.45) is 7.95. The summed E-state index contributed by atoms with van der Waals surface area (Å²) in [5.74, 6) is -2.77. The van der Waals surface area contributed by atoms with Crippen molar-refractivity contribution in [3.63, 3.8) is 0 Å². The van der Waals surface area contributed by atoms with Crippen molar-refractivity contribution in [2.45, 2.75) is 0 Å². The molecule has 0 atom stereocenters. The van der Waals surface area contributed by atoms with Gasteiger partial charge in [-0.2, -0.15) is 0 Å². The van der Waals surface area contributed by atoms with Gasteiger partial charge in [-0.3, -0.25) is 4.79 Å². The highest BCUT2D eigenvalue weighted by Crippen LogP contribution is 2.18. The smallest absolute Gasteiger partial charge is 0.294 e. The van der Waals surface area contributed by atoms with Gasteiger partial charge in [-0.05, 0) is 25.2 Å². The zero-order valence-corrected chi connectivity index (χ0v) is 12.7. The van der Waals surface area contributed by atoms with Crippen molar-refractivity contribution in [2.75, 3.05) is 31.5 Å². The van der Waals surface area contributed by atoms with Crippen molar-refractivity contribution in [1.29, 1.82) is 5.41 Å². The lowest BCUT2D eigenvalue weighted by Crippen LogP contribution is -2.36. The third-order valence-corrected chi connectivity index (χ3v) is 3.25. The summed E-state index contributed by atoms with van der Waals surface area (Å²) in [6.45, 7) is 2.11. The number of anilines is 1. The van der Waals surface area contributed by atoms with Crippen LogP contribution in [0.1, 0.15) is 0 Å². The van der Waals surface area contributed by atoms with Gasteiger partial charge >= 0.3 is 0 Å².